The average molecular weight is 477 g/mol. The van der Waals surface area contributed by atoms with E-state index in [0.717, 1.165) is 25.0 Å². The summed E-state index contributed by atoms with van der Waals surface area (Å²) in [5, 5.41) is 16.7. The third-order valence-electron chi connectivity index (χ3n) is 7.68. The molecule has 1 saturated heterocycles. The van der Waals surface area contributed by atoms with E-state index < -0.39 is 23.2 Å². The van der Waals surface area contributed by atoms with Crippen molar-refractivity contribution in [1.29, 1.82) is 0 Å². The van der Waals surface area contributed by atoms with Gasteiger partial charge in [0, 0.05) is 12.0 Å². The number of hydrogen-bond donors (Lipinski definition) is 3. The van der Waals surface area contributed by atoms with Crippen LogP contribution in [0.15, 0.2) is 0 Å². The van der Waals surface area contributed by atoms with E-state index in [1.54, 1.807) is 11.8 Å². The van der Waals surface area contributed by atoms with Crippen LogP contribution in [-0.4, -0.2) is 69.4 Å². The lowest BCUT2D eigenvalue weighted by atomic mass is 9.60. The molecule has 0 aromatic carbocycles. The van der Waals surface area contributed by atoms with Crippen molar-refractivity contribution in [1.82, 2.24) is 10.6 Å². The molecular weight excluding hydrogens is 443 g/mol. The van der Waals surface area contributed by atoms with Crippen molar-refractivity contribution in [2.75, 3.05) is 12.4 Å². The molecule has 1 aliphatic heterocycles. The summed E-state index contributed by atoms with van der Waals surface area (Å²) in [5.74, 6) is 1.39. The van der Waals surface area contributed by atoms with Gasteiger partial charge in [0.05, 0.1) is 28.4 Å². The lowest BCUT2D eigenvalue weighted by Gasteiger charge is -2.56. The molecule has 5 fully saturated rings. The molecule has 31 heavy (non-hydrogen) atoms. The van der Waals surface area contributed by atoms with E-state index in [4.69, 9.17) is 16.3 Å². The quantitative estimate of drug-likeness (QED) is 0.513. The van der Waals surface area contributed by atoms with Gasteiger partial charge in [0.1, 0.15) is 12.8 Å². The predicted octanol–water partition coefficient (Wildman–Crippen LogP) is 2.69. The van der Waals surface area contributed by atoms with E-state index >= 15 is 0 Å². The molecular formula is C22H34ClFN2O4S. The third kappa shape index (κ3) is 5.17. The summed E-state index contributed by atoms with van der Waals surface area (Å²) in [4.78, 5) is 25.3. The average Bonchev–Trinajstić information content (AvgIpc) is 3.17. The van der Waals surface area contributed by atoms with Crippen LogP contribution in [0.25, 0.3) is 0 Å². The summed E-state index contributed by atoms with van der Waals surface area (Å²) >= 11 is 7.62. The molecule has 5 rings (SSSR count). The number of halogens is 2. The van der Waals surface area contributed by atoms with Crippen LogP contribution < -0.4 is 10.6 Å². The Morgan fingerprint density at radius 2 is 1.94 bits per heavy atom. The topological polar surface area (TPSA) is 87.7 Å². The Morgan fingerprint density at radius 1 is 1.19 bits per heavy atom. The molecule has 5 aliphatic rings. The number of thioether (sulfide) groups is 1. The Hall–Kier alpha value is -0.570. The first-order chi connectivity index (χ1) is 14.7. The number of fused-ring (bicyclic) bond motifs is 3. The van der Waals surface area contributed by atoms with Gasteiger partial charge < -0.3 is 20.5 Å². The minimum Gasteiger partial charge on any atom is -0.391 e. The molecule has 6 atom stereocenters. The molecule has 1 heterocycles. The number of alkyl halides is 2. The molecule has 2 bridgehead atoms. The van der Waals surface area contributed by atoms with Gasteiger partial charge in [0.25, 0.3) is 0 Å². The Balaban J connectivity index is 1.26. The zero-order valence-electron chi connectivity index (χ0n) is 18.1. The first kappa shape index (κ1) is 23.6. The normalized spacial score (nSPS) is 44.8. The summed E-state index contributed by atoms with van der Waals surface area (Å²) in [5.41, 5.74) is -1.04. The highest BCUT2D eigenvalue weighted by Crippen LogP contribution is 2.47. The summed E-state index contributed by atoms with van der Waals surface area (Å²) < 4.78 is 19.4. The molecule has 0 aromatic heterocycles. The largest absolute Gasteiger partial charge is 0.391 e. The highest BCUT2D eigenvalue weighted by atomic mass is 35.5. The van der Waals surface area contributed by atoms with E-state index in [0.29, 0.717) is 38.0 Å². The van der Waals surface area contributed by atoms with Crippen molar-refractivity contribution in [3.05, 3.63) is 0 Å². The van der Waals surface area contributed by atoms with Crippen molar-refractivity contribution in [3.8, 4) is 0 Å². The lowest BCUT2D eigenvalue weighted by Crippen LogP contribution is -2.70. The molecule has 0 spiro atoms. The number of aliphatic hydroxyl groups excluding tert-OH is 1. The van der Waals surface area contributed by atoms with Crippen LogP contribution in [0.2, 0.25) is 0 Å². The molecule has 3 N–H and O–H groups in total. The molecule has 4 aliphatic carbocycles. The van der Waals surface area contributed by atoms with E-state index in [1.165, 1.54) is 0 Å². The Bertz CT molecular complexity index is 690. The van der Waals surface area contributed by atoms with Gasteiger partial charge in [0.15, 0.2) is 0 Å². The Kier molecular flexibility index (Phi) is 7.12. The molecule has 4 saturated carbocycles. The van der Waals surface area contributed by atoms with Crippen LogP contribution in [0.3, 0.4) is 0 Å². The molecule has 6 nitrogen and oxygen atoms in total. The first-order valence-electron chi connectivity index (χ1n) is 11.5. The van der Waals surface area contributed by atoms with E-state index in [9.17, 15) is 19.1 Å². The molecule has 0 radical (unpaired) electrons. The molecule has 6 unspecified atom stereocenters. The molecule has 9 heteroatoms. The Morgan fingerprint density at radius 3 is 2.55 bits per heavy atom. The summed E-state index contributed by atoms with van der Waals surface area (Å²) in [6.07, 6.45) is 3.40. The maximum atomic E-state index is 13.8. The monoisotopic (exact) mass is 476 g/mol. The summed E-state index contributed by atoms with van der Waals surface area (Å²) in [6, 6.07) is 0. The number of rotatable bonds is 6. The predicted molar refractivity (Wildman–Crippen MR) is 119 cm³/mol. The number of carbonyl (C=O) groups excluding carboxylic acids is 2. The summed E-state index contributed by atoms with van der Waals surface area (Å²) in [7, 11) is 0. The number of aliphatic hydroxyl groups is 1. The van der Waals surface area contributed by atoms with Gasteiger partial charge in [-0.05, 0) is 63.0 Å². The Labute approximate surface area is 192 Å². The van der Waals surface area contributed by atoms with Crippen LogP contribution >= 0.6 is 23.4 Å². The lowest BCUT2D eigenvalue weighted by molar-refractivity contribution is -0.140. The van der Waals surface area contributed by atoms with Crippen molar-refractivity contribution >= 4 is 35.2 Å². The first-order valence-corrected chi connectivity index (χ1v) is 13.0. The van der Waals surface area contributed by atoms with Crippen LogP contribution in [-0.2, 0) is 14.3 Å². The van der Waals surface area contributed by atoms with Gasteiger partial charge in [-0.3, -0.25) is 9.59 Å². The third-order valence-corrected chi connectivity index (χ3v) is 9.75. The zero-order chi connectivity index (χ0) is 22.2. The van der Waals surface area contributed by atoms with Crippen molar-refractivity contribution in [2.45, 2.75) is 105 Å². The maximum absolute atomic E-state index is 13.8. The van der Waals surface area contributed by atoms with Crippen LogP contribution in [0.1, 0.15) is 64.7 Å². The smallest absolute Gasteiger partial charge is 0.246 e. The van der Waals surface area contributed by atoms with E-state index in [2.05, 4.69) is 17.6 Å². The fourth-order valence-corrected chi connectivity index (χ4v) is 7.27. The molecule has 2 amide bonds. The van der Waals surface area contributed by atoms with E-state index in [-0.39, 0.29) is 41.7 Å². The standard InChI is InChI=1S/C22H34ClFN2O4S/c1-13-8-17(31-12-13)20(29)26-21-4-6-22(7-5-21,18(27)10-21)25-19(28)11-30-14-2-3-15(23)16(24)9-14/h13-18,27H,2-12H2,1H3,(H,25,28)(H,26,29). The number of nitrogens with one attached hydrogen (secondary N) is 2. The minimum absolute atomic E-state index is 0.00441. The van der Waals surface area contributed by atoms with Crippen molar-refractivity contribution < 1.29 is 23.8 Å². The second kappa shape index (κ2) is 9.35. The number of carbonyl (C=O) groups is 2. The SMILES string of the molecule is CC1CSC(C(=O)NC23CCC(NC(=O)COC4CCC(Cl)C(F)C4)(CC2)C(O)C3)C1. The van der Waals surface area contributed by atoms with Crippen molar-refractivity contribution in [3.63, 3.8) is 0 Å². The number of hydrogen-bond acceptors (Lipinski definition) is 5. The second-order valence-corrected chi connectivity index (χ2v) is 11.9. The second-order valence-electron chi connectivity index (χ2n) is 10.1. The van der Waals surface area contributed by atoms with Crippen molar-refractivity contribution in [2.24, 2.45) is 5.92 Å². The fourth-order valence-electron chi connectivity index (χ4n) is 5.67. The van der Waals surface area contributed by atoms with Crippen LogP contribution in [0.4, 0.5) is 4.39 Å². The highest BCUT2D eigenvalue weighted by molar-refractivity contribution is 8.00. The number of amides is 2. The minimum atomic E-state index is -1.10. The van der Waals surface area contributed by atoms with Gasteiger partial charge in [-0.25, -0.2) is 4.39 Å². The maximum Gasteiger partial charge on any atom is 0.246 e. The van der Waals surface area contributed by atoms with E-state index in [1.807, 2.05) is 0 Å². The molecule has 176 valence electrons. The van der Waals surface area contributed by atoms with Gasteiger partial charge in [-0.1, -0.05) is 6.92 Å². The van der Waals surface area contributed by atoms with Gasteiger partial charge in [-0.15, -0.1) is 23.4 Å². The zero-order valence-corrected chi connectivity index (χ0v) is 19.7. The number of ether oxygens (including phenoxy) is 1. The van der Waals surface area contributed by atoms with Crippen LogP contribution in [0, 0.1) is 5.92 Å². The van der Waals surface area contributed by atoms with Gasteiger partial charge in [-0.2, -0.15) is 0 Å². The summed E-state index contributed by atoms with van der Waals surface area (Å²) in [6.45, 7) is 2.03. The van der Waals surface area contributed by atoms with Gasteiger partial charge >= 0.3 is 0 Å². The fraction of sp³-hybridized carbons (Fsp3) is 0.909. The van der Waals surface area contributed by atoms with Gasteiger partial charge in [0.2, 0.25) is 11.8 Å². The van der Waals surface area contributed by atoms with Crippen LogP contribution in [0.5, 0.6) is 0 Å². The molecule has 0 aromatic rings. The highest BCUT2D eigenvalue weighted by Gasteiger charge is 2.55.